The van der Waals surface area contributed by atoms with Gasteiger partial charge in [0.1, 0.15) is 11.7 Å². The SMILES string of the molecule is O=C(N[C@H](C(=O)Nc1cn(C(c2ccc[nH]c2=O)C(F)(F)F)cn1)C(C1CC1)C1CC1)c1nonc1C1CC1. The first-order chi connectivity index (χ1) is 18.7. The third-order valence-electron chi connectivity index (χ3n) is 7.58. The van der Waals surface area contributed by atoms with E-state index in [0.717, 1.165) is 61.7 Å². The molecular weight excluding hydrogens is 519 g/mol. The fourth-order valence-corrected chi connectivity index (χ4v) is 5.32. The number of alkyl halides is 3. The Morgan fingerprint density at radius 1 is 1.10 bits per heavy atom. The zero-order chi connectivity index (χ0) is 27.3. The number of hydrogen-bond donors (Lipinski definition) is 3. The molecule has 0 saturated heterocycles. The number of aromatic nitrogens is 5. The number of imidazole rings is 1. The summed E-state index contributed by atoms with van der Waals surface area (Å²) in [5.41, 5.74) is -0.882. The Labute approximate surface area is 219 Å². The highest BCUT2D eigenvalue weighted by Gasteiger charge is 2.49. The van der Waals surface area contributed by atoms with Crippen LogP contribution in [0.1, 0.15) is 72.2 Å². The fourth-order valence-electron chi connectivity index (χ4n) is 5.32. The van der Waals surface area contributed by atoms with E-state index in [4.69, 9.17) is 4.63 Å². The molecule has 3 heterocycles. The Morgan fingerprint density at radius 3 is 2.44 bits per heavy atom. The van der Waals surface area contributed by atoms with E-state index in [1.807, 2.05) is 0 Å². The molecule has 206 valence electrons. The molecule has 3 fully saturated rings. The minimum absolute atomic E-state index is 0.0472. The number of aromatic amines is 1. The van der Waals surface area contributed by atoms with Crippen molar-refractivity contribution in [1.82, 2.24) is 30.2 Å². The Morgan fingerprint density at radius 2 is 1.82 bits per heavy atom. The van der Waals surface area contributed by atoms with Crippen LogP contribution >= 0.6 is 0 Å². The second-order valence-corrected chi connectivity index (χ2v) is 10.6. The number of carbonyl (C=O) groups excluding carboxylic acids is 2. The molecule has 3 aliphatic rings. The first-order valence-electron chi connectivity index (χ1n) is 12.9. The molecule has 0 bridgehead atoms. The molecule has 1 unspecified atom stereocenters. The second kappa shape index (κ2) is 9.65. The van der Waals surface area contributed by atoms with E-state index in [2.05, 4.69) is 30.9 Å². The van der Waals surface area contributed by atoms with Gasteiger partial charge >= 0.3 is 6.18 Å². The highest BCUT2D eigenvalue weighted by molar-refractivity contribution is 6.00. The molecule has 2 amide bonds. The van der Waals surface area contributed by atoms with Gasteiger partial charge in [0, 0.05) is 23.9 Å². The predicted molar refractivity (Wildman–Crippen MR) is 129 cm³/mol. The van der Waals surface area contributed by atoms with Gasteiger partial charge in [-0.2, -0.15) is 13.2 Å². The Hall–Kier alpha value is -3.97. The summed E-state index contributed by atoms with van der Waals surface area (Å²) in [4.78, 5) is 45.0. The van der Waals surface area contributed by atoms with Gasteiger partial charge in [0.15, 0.2) is 17.6 Å². The molecule has 11 nitrogen and oxygen atoms in total. The van der Waals surface area contributed by atoms with Crippen LogP contribution in [0.25, 0.3) is 0 Å². The van der Waals surface area contributed by atoms with Gasteiger partial charge in [-0.05, 0) is 73.6 Å². The molecule has 0 spiro atoms. The van der Waals surface area contributed by atoms with Gasteiger partial charge in [0.2, 0.25) is 5.91 Å². The van der Waals surface area contributed by atoms with E-state index >= 15 is 0 Å². The van der Waals surface area contributed by atoms with Crippen molar-refractivity contribution in [2.24, 2.45) is 17.8 Å². The second-order valence-electron chi connectivity index (χ2n) is 10.6. The molecule has 3 N–H and O–H groups in total. The standard InChI is InChI=1S/C25H26F3N7O4/c26-25(27,28)21(15-2-1-9-29-22(15)36)35-10-16(30-11-35)31-23(37)19(17(12-3-4-12)13-5-6-13)32-24(38)20-18(14-7-8-14)33-39-34-20/h1-2,9-14,17,19,21H,3-8H2,(H,29,36)(H,31,37)(H,32,38)/t19-,21?/m0/s1. The number of amides is 2. The maximum Gasteiger partial charge on any atom is 0.413 e. The topological polar surface area (TPSA) is 148 Å². The summed E-state index contributed by atoms with van der Waals surface area (Å²) in [6.45, 7) is 0. The molecule has 2 atom stereocenters. The van der Waals surface area contributed by atoms with Crippen LogP contribution < -0.4 is 16.2 Å². The summed E-state index contributed by atoms with van der Waals surface area (Å²) >= 11 is 0. The summed E-state index contributed by atoms with van der Waals surface area (Å²) in [6, 6.07) is -0.855. The maximum atomic E-state index is 14.0. The van der Waals surface area contributed by atoms with Crippen molar-refractivity contribution in [3.63, 3.8) is 0 Å². The largest absolute Gasteiger partial charge is 0.413 e. The maximum absolute atomic E-state index is 14.0. The van der Waals surface area contributed by atoms with Crippen LogP contribution in [0, 0.1) is 17.8 Å². The normalized spacial score (nSPS) is 19.1. The molecule has 39 heavy (non-hydrogen) atoms. The van der Waals surface area contributed by atoms with Gasteiger partial charge in [0.05, 0.1) is 6.33 Å². The lowest BCUT2D eigenvalue weighted by atomic mass is 9.88. The number of anilines is 1. The zero-order valence-corrected chi connectivity index (χ0v) is 20.6. The molecule has 0 aromatic carbocycles. The summed E-state index contributed by atoms with van der Waals surface area (Å²) in [7, 11) is 0. The van der Waals surface area contributed by atoms with Gasteiger partial charge in [-0.15, -0.1) is 0 Å². The smallest absolute Gasteiger partial charge is 0.338 e. The molecule has 3 aromatic heterocycles. The first kappa shape index (κ1) is 25.3. The van der Waals surface area contributed by atoms with Crippen LogP contribution in [0.2, 0.25) is 0 Å². The minimum Gasteiger partial charge on any atom is -0.338 e. The molecule has 0 aliphatic heterocycles. The van der Waals surface area contributed by atoms with E-state index in [-0.39, 0.29) is 35.2 Å². The van der Waals surface area contributed by atoms with E-state index in [1.54, 1.807) is 0 Å². The number of carbonyl (C=O) groups is 2. The number of pyridine rings is 1. The van der Waals surface area contributed by atoms with E-state index < -0.39 is 41.2 Å². The van der Waals surface area contributed by atoms with E-state index in [1.165, 1.54) is 12.3 Å². The molecule has 6 rings (SSSR count). The third kappa shape index (κ3) is 5.32. The van der Waals surface area contributed by atoms with Gasteiger partial charge in [-0.1, -0.05) is 5.16 Å². The molecule has 3 saturated carbocycles. The van der Waals surface area contributed by atoms with Crippen molar-refractivity contribution in [3.8, 4) is 0 Å². The number of H-pyrrole nitrogens is 1. The zero-order valence-electron chi connectivity index (χ0n) is 20.6. The van der Waals surface area contributed by atoms with Crippen molar-refractivity contribution < 1.29 is 27.4 Å². The average Bonchev–Trinajstić information content (AvgIpc) is 3.80. The first-order valence-corrected chi connectivity index (χ1v) is 12.9. The summed E-state index contributed by atoms with van der Waals surface area (Å²) in [5.74, 6) is -0.764. The van der Waals surface area contributed by atoms with Crippen molar-refractivity contribution in [1.29, 1.82) is 0 Å². The quantitative estimate of drug-likeness (QED) is 0.355. The lowest BCUT2D eigenvalue weighted by Gasteiger charge is -2.27. The molecular formula is C25H26F3N7O4. The van der Waals surface area contributed by atoms with Crippen molar-refractivity contribution >= 4 is 17.6 Å². The van der Waals surface area contributed by atoms with Gasteiger partial charge in [-0.25, -0.2) is 9.61 Å². The molecule has 14 heteroatoms. The number of nitrogens with zero attached hydrogens (tertiary/aromatic N) is 4. The fraction of sp³-hybridized carbons (Fsp3) is 0.520. The predicted octanol–water partition coefficient (Wildman–Crippen LogP) is 3.16. The van der Waals surface area contributed by atoms with Crippen LogP contribution in [0.4, 0.5) is 19.0 Å². The van der Waals surface area contributed by atoms with E-state index in [0.29, 0.717) is 5.69 Å². The monoisotopic (exact) mass is 545 g/mol. The van der Waals surface area contributed by atoms with Crippen LogP contribution in [0.3, 0.4) is 0 Å². The molecule has 3 aromatic rings. The van der Waals surface area contributed by atoms with Crippen LogP contribution in [0.15, 0.2) is 40.3 Å². The lowest BCUT2D eigenvalue weighted by Crippen LogP contribution is -2.50. The summed E-state index contributed by atoms with van der Waals surface area (Å²) < 4.78 is 47.5. The average molecular weight is 546 g/mol. The number of rotatable bonds is 10. The highest BCUT2D eigenvalue weighted by Crippen LogP contribution is 2.51. The van der Waals surface area contributed by atoms with Crippen molar-refractivity contribution in [3.05, 3.63) is 58.2 Å². The Kier molecular flexibility index (Phi) is 6.26. The summed E-state index contributed by atoms with van der Waals surface area (Å²) in [6.07, 6.45) is 3.88. The highest BCUT2D eigenvalue weighted by atomic mass is 19.4. The van der Waals surface area contributed by atoms with Crippen LogP contribution in [-0.4, -0.2) is 48.9 Å². The number of halogens is 3. The van der Waals surface area contributed by atoms with Crippen LogP contribution in [-0.2, 0) is 4.79 Å². The Balaban J connectivity index is 1.25. The summed E-state index contributed by atoms with van der Waals surface area (Å²) in [5, 5.41) is 13.0. The van der Waals surface area contributed by atoms with Gasteiger partial charge in [0.25, 0.3) is 11.5 Å². The van der Waals surface area contributed by atoms with Crippen molar-refractivity contribution in [2.45, 2.75) is 62.7 Å². The van der Waals surface area contributed by atoms with Gasteiger partial charge in [-0.3, -0.25) is 14.4 Å². The third-order valence-corrected chi connectivity index (χ3v) is 7.58. The van der Waals surface area contributed by atoms with Crippen molar-refractivity contribution in [2.75, 3.05) is 5.32 Å². The van der Waals surface area contributed by atoms with Crippen LogP contribution in [0.5, 0.6) is 0 Å². The van der Waals surface area contributed by atoms with Gasteiger partial charge < -0.3 is 20.2 Å². The molecule has 0 radical (unpaired) electrons. The molecule has 3 aliphatic carbocycles. The lowest BCUT2D eigenvalue weighted by molar-refractivity contribution is -0.157. The van der Waals surface area contributed by atoms with E-state index in [9.17, 15) is 27.6 Å². The minimum atomic E-state index is -4.80. The Bertz CT molecular complexity index is 1420. The number of hydrogen-bond acceptors (Lipinski definition) is 7. The number of nitrogens with one attached hydrogen (secondary N) is 3.